The minimum absolute atomic E-state index is 0.213. The van der Waals surface area contributed by atoms with Crippen molar-refractivity contribution in [2.75, 3.05) is 13.2 Å². The van der Waals surface area contributed by atoms with E-state index in [0.29, 0.717) is 28.1 Å². The van der Waals surface area contributed by atoms with Crippen molar-refractivity contribution >= 4 is 43.7 Å². The van der Waals surface area contributed by atoms with E-state index in [1.165, 1.54) is 0 Å². The van der Waals surface area contributed by atoms with Crippen molar-refractivity contribution in [1.82, 2.24) is 10.9 Å². The first kappa shape index (κ1) is 19.3. The monoisotopic (exact) mass is 470 g/mol. The summed E-state index contributed by atoms with van der Waals surface area (Å²) in [7, 11) is 0. The first-order valence-corrected chi connectivity index (χ1v) is 8.98. The molecule has 0 aliphatic heterocycles. The Balaban J connectivity index is 1.81. The molecule has 2 amide bonds. The van der Waals surface area contributed by atoms with Gasteiger partial charge in [-0.15, -0.1) is 0 Å². The molecule has 6 nitrogen and oxygen atoms in total. The fourth-order valence-corrected chi connectivity index (χ4v) is 2.59. The Morgan fingerprint density at radius 3 is 2.36 bits per heavy atom. The highest BCUT2D eigenvalue weighted by molar-refractivity contribution is 9.10. The normalized spacial score (nSPS) is 10.0. The standard InChI is InChI=1S/C17H16Br2N2O4/c1-2-24-15-8-3-11(9-14(15)19)17(23)21-20-16(22)10-25-13-6-4-12(18)5-7-13/h3-9H,2,10H2,1H3,(H,20,22)(H,21,23). The average molecular weight is 472 g/mol. The second-order valence-electron chi connectivity index (χ2n) is 4.82. The first-order chi connectivity index (χ1) is 12.0. The number of hydrogen-bond acceptors (Lipinski definition) is 4. The van der Waals surface area contributed by atoms with Gasteiger partial charge in [-0.25, -0.2) is 0 Å². The number of halogens is 2. The molecule has 132 valence electrons. The van der Waals surface area contributed by atoms with Crippen molar-refractivity contribution in [3.05, 3.63) is 57.0 Å². The van der Waals surface area contributed by atoms with Crippen LogP contribution in [-0.2, 0) is 4.79 Å². The van der Waals surface area contributed by atoms with Crippen molar-refractivity contribution < 1.29 is 19.1 Å². The SMILES string of the molecule is CCOc1ccc(C(=O)NNC(=O)COc2ccc(Br)cc2)cc1Br. The lowest BCUT2D eigenvalue weighted by Crippen LogP contribution is -2.43. The molecule has 2 N–H and O–H groups in total. The molecule has 0 radical (unpaired) electrons. The molecular formula is C17H16Br2N2O4. The average Bonchev–Trinajstić information content (AvgIpc) is 2.61. The summed E-state index contributed by atoms with van der Waals surface area (Å²) in [5.41, 5.74) is 5.02. The summed E-state index contributed by atoms with van der Waals surface area (Å²) in [6.45, 7) is 2.19. The third-order valence-corrected chi connectivity index (χ3v) is 4.14. The van der Waals surface area contributed by atoms with Crippen LogP contribution in [0.4, 0.5) is 0 Å². The number of hydrogen-bond donors (Lipinski definition) is 2. The van der Waals surface area contributed by atoms with Crippen LogP contribution in [0.5, 0.6) is 11.5 Å². The van der Waals surface area contributed by atoms with Gasteiger partial charge in [0, 0.05) is 10.0 Å². The van der Waals surface area contributed by atoms with Gasteiger partial charge in [0.25, 0.3) is 11.8 Å². The third kappa shape index (κ3) is 6.06. The second-order valence-corrected chi connectivity index (χ2v) is 6.59. The summed E-state index contributed by atoms with van der Waals surface area (Å²) in [4.78, 5) is 23.8. The van der Waals surface area contributed by atoms with Crippen LogP contribution in [0.3, 0.4) is 0 Å². The molecule has 0 aliphatic rings. The Hall–Kier alpha value is -2.06. The van der Waals surface area contributed by atoms with E-state index >= 15 is 0 Å². The summed E-state index contributed by atoms with van der Waals surface area (Å²) in [6.07, 6.45) is 0. The zero-order valence-electron chi connectivity index (χ0n) is 13.3. The number of ether oxygens (including phenoxy) is 2. The number of benzene rings is 2. The maximum absolute atomic E-state index is 12.0. The minimum atomic E-state index is -0.471. The van der Waals surface area contributed by atoms with Gasteiger partial charge in [-0.3, -0.25) is 20.4 Å². The van der Waals surface area contributed by atoms with E-state index in [0.717, 1.165) is 4.47 Å². The van der Waals surface area contributed by atoms with Gasteiger partial charge in [-0.2, -0.15) is 0 Å². The molecule has 0 heterocycles. The van der Waals surface area contributed by atoms with E-state index in [9.17, 15) is 9.59 Å². The van der Waals surface area contributed by atoms with E-state index in [2.05, 4.69) is 42.7 Å². The number of nitrogens with one attached hydrogen (secondary N) is 2. The molecular weight excluding hydrogens is 456 g/mol. The summed E-state index contributed by atoms with van der Waals surface area (Å²) in [6, 6.07) is 12.0. The van der Waals surface area contributed by atoms with Crippen LogP contribution in [-0.4, -0.2) is 25.0 Å². The van der Waals surface area contributed by atoms with Gasteiger partial charge < -0.3 is 9.47 Å². The molecule has 0 saturated heterocycles. The Kier molecular flexibility index (Phi) is 7.27. The largest absolute Gasteiger partial charge is 0.493 e. The maximum Gasteiger partial charge on any atom is 0.276 e. The van der Waals surface area contributed by atoms with Crippen LogP contribution >= 0.6 is 31.9 Å². The summed E-state index contributed by atoms with van der Waals surface area (Å²) < 4.78 is 12.3. The number of carbonyl (C=O) groups is 2. The van der Waals surface area contributed by atoms with E-state index in [1.807, 2.05) is 6.92 Å². The smallest absolute Gasteiger partial charge is 0.276 e. The molecule has 0 atom stereocenters. The molecule has 0 aliphatic carbocycles. The lowest BCUT2D eigenvalue weighted by molar-refractivity contribution is -0.123. The van der Waals surface area contributed by atoms with Crippen molar-refractivity contribution in [1.29, 1.82) is 0 Å². The van der Waals surface area contributed by atoms with Gasteiger partial charge in [-0.1, -0.05) is 15.9 Å². The molecule has 2 aromatic carbocycles. The van der Waals surface area contributed by atoms with Crippen LogP contribution in [0.1, 0.15) is 17.3 Å². The zero-order valence-corrected chi connectivity index (χ0v) is 16.5. The first-order valence-electron chi connectivity index (χ1n) is 7.39. The molecule has 25 heavy (non-hydrogen) atoms. The number of carbonyl (C=O) groups excluding carboxylic acids is 2. The van der Waals surface area contributed by atoms with Crippen LogP contribution in [0.15, 0.2) is 51.4 Å². The lowest BCUT2D eigenvalue weighted by Gasteiger charge is -2.10. The topological polar surface area (TPSA) is 76.7 Å². The van der Waals surface area contributed by atoms with Gasteiger partial charge in [0.2, 0.25) is 0 Å². The fourth-order valence-electron chi connectivity index (χ4n) is 1.83. The molecule has 0 saturated carbocycles. The highest BCUT2D eigenvalue weighted by atomic mass is 79.9. The Labute approximate surface area is 162 Å². The van der Waals surface area contributed by atoms with Crippen LogP contribution in [0, 0.1) is 0 Å². The Morgan fingerprint density at radius 1 is 1.00 bits per heavy atom. The van der Waals surface area contributed by atoms with Crippen molar-refractivity contribution in [2.45, 2.75) is 6.92 Å². The number of rotatable bonds is 6. The van der Waals surface area contributed by atoms with Crippen molar-refractivity contribution in [3.63, 3.8) is 0 Å². The predicted octanol–water partition coefficient (Wildman–Crippen LogP) is 3.45. The third-order valence-electron chi connectivity index (χ3n) is 2.99. The van der Waals surface area contributed by atoms with Crippen LogP contribution in [0.2, 0.25) is 0 Å². The van der Waals surface area contributed by atoms with Gasteiger partial charge >= 0.3 is 0 Å². The van der Waals surface area contributed by atoms with Crippen LogP contribution in [0.25, 0.3) is 0 Å². The molecule has 2 rings (SSSR count). The molecule has 0 bridgehead atoms. The summed E-state index contributed by atoms with van der Waals surface area (Å²) in [5.74, 6) is 0.285. The van der Waals surface area contributed by atoms with E-state index in [1.54, 1.807) is 42.5 Å². The maximum atomic E-state index is 12.0. The number of hydrazine groups is 1. The number of amides is 2. The lowest BCUT2D eigenvalue weighted by atomic mass is 10.2. The zero-order chi connectivity index (χ0) is 18.2. The Morgan fingerprint density at radius 2 is 1.72 bits per heavy atom. The summed E-state index contributed by atoms with van der Waals surface area (Å²) in [5, 5.41) is 0. The highest BCUT2D eigenvalue weighted by Gasteiger charge is 2.10. The van der Waals surface area contributed by atoms with Gasteiger partial charge in [0.15, 0.2) is 6.61 Å². The van der Waals surface area contributed by atoms with Gasteiger partial charge in [0.1, 0.15) is 11.5 Å². The highest BCUT2D eigenvalue weighted by Crippen LogP contribution is 2.25. The predicted molar refractivity (Wildman–Crippen MR) is 101 cm³/mol. The van der Waals surface area contributed by atoms with E-state index in [-0.39, 0.29) is 6.61 Å². The fraction of sp³-hybridized carbons (Fsp3) is 0.176. The van der Waals surface area contributed by atoms with Crippen molar-refractivity contribution in [2.24, 2.45) is 0 Å². The van der Waals surface area contributed by atoms with Crippen molar-refractivity contribution in [3.8, 4) is 11.5 Å². The molecule has 0 spiro atoms. The van der Waals surface area contributed by atoms with Gasteiger partial charge in [0.05, 0.1) is 11.1 Å². The molecule has 0 aromatic heterocycles. The summed E-state index contributed by atoms with van der Waals surface area (Å²) >= 11 is 6.65. The molecule has 0 fully saturated rings. The Bertz CT molecular complexity index is 751. The molecule has 8 heteroatoms. The van der Waals surface area contributed by atoms with E-state index < -0.39 is 11.8 Å². The molecule has 2 aromatic rings. The van der Waals surface area contributed by atoms with E-state index in [4.69, 9.17) is 9.47 Å². The second kappa shape index (κ2) is 9.43. The molecule has 0 unspecified atom stereocenters. The van der Waals surface area contributed by atoms with Crippen LogP contribution < -0.4 is 20.3 Å². The quantitative estimate of drug-likeness (QED) is 0.632. The van der Waals surface area contributed by atoms with Gasteiger partial charge in [-0.05, 0) is 65.3 Å². The minimum Gasteiger partial charge on any atom is -0.493 e.